The van der Waals surface area contributed by atoms with Gasteiger partial charge in [0.25, 0.3) is 0 Å². The Morgan fingerprint density at radius 2 is 2.03 bits per heavy atom. The number of fused-ring (bicyclic) bond motifs is 1. The van der Waals surface area contributed by atoms with Crippen LogP contribution in [0.4, 0.5) is 0 Å². The van der Waals surface area contributed by atoms with Crippen LogP contribution >= 0.6 is 0 Å². The highest BCUT2D eigenvalue weighted by atomic mass is 16.6. The molecule has 0 saturated heterocycles. The van der Waals surface area contributed by atoms with Gasteiger partial charge < -0.3 is 19.7 Å². The van der Waals surface area contributed by atoms with E-state index in [2.05, 4.69) is 17.9 Å². The predicted molar refractivity (Wildman–Crippen MR) is 127 cm³/mol. The Labute approximate surface area is 198 Å². The highest BCUT2D eigenvalue weighted by Crippen LogP contribution is 2.50. The Balaban J connectivity index is 1.78. The summed E-state index contributed by atoms with van der Waals surface area (Å²) in [6, 6.07) is 0. The summed E-state index contributed by atoms with van der Waals surface area (Å²) in [6.45, 7) is 7.28. The third kappa shape index (κ3) is 8.32. The van der Waals surface area contributed by atoms with Gasteiger partial charge in [-0.05, 0) is 70.6 Å². The summed E-state index contributed by atoms with van der Waals surface area (Å²) < 4.78 is 9.95. The third-order valence-electron chi connectivity index (χ3n) is 6.77. The van der Waals surface area contributed by atoms with E-state index in [1.807, 2.05) is 19.1 Å². The van der Waals surface area contributed by atoms with Crippen molar-refractivity contribution in [3.8, 4) is 11.8 Å². The minimum atomic E-state index is -0.873. The Morgan fingerprint density at radius 1 is 1.27 bits per heavy atom. The van der Waals surface area contributed by atoms with Gasteiger partial charge in [0.1, 0.15) is 0 Å². The number of allylic oxidation sites excluding steroid dienone is 2. The lowest BCUT2D eigenvalue weighted by atomic mass is 9.89. The molecule has 33 heavy (non-hydrogen) atoms. The number of unbranched alkanes of at least 4 members (excludes halogenated alkanes) is 1. The van der Waals surface area contributed by atoms with Crippen LogP contribution in [0, 0.1) is 35.5 Å². The maximum absolute atomic E-state index is 11.9. The zero-order chi connectivity index (χ0) is 24.4. The molecule has 1 unspecified atom stereocenters. The molecule has 0 bridgehead atoms. The standard InChI is InChI=1S/C27H40O6/c1-5-7-10-18(3)24(28)14-13-22-23-16-20(15-21(23)17-25(22)29)11-8-9-12-26(30)33-19(4)27(31)32-6-2/h11,13-14,18-19,21-25,28-29H,6,8-10,12,15-17H2,1-4H3/b14-13+,20-11-/t18?,19-,21+,22-,23+,24-,25-/m1/s1. The van der Waals surface area contributed by atoms with Gasteiger partial charge in [0.2, 0.25) is 0 Å². The van der Waals surface area contributed by atoms with Crippen LogP contribution < -0.4 is 0 Å². The molecule has 6 heteroatoms. The second-order valence-electron chi connectivity index (χ2n) is 9.33. The maximum Gasteiger partial charge on any atom is 0.347 e. The molecule has 2 aliphatic rings. The van der Waals surface area contributed by atoms with Gasteiger partial charge in [-0.1, -0.05) is 30.7 Å². The number of ether oxygens (including phenoxy) is 2. The van der Waals surface area contributed by atoms with E-state index in [9.17, 15) is 19.8 Å². The molecule has 6 nitrogen and oxygen atoms in total. The molecular formula is C27H40O6. The highest BCUT2D eigenvalue weighted by Gasteiger charge is 2.45. The number of aliphatic hydroxyl groups is 2. The molecule has 0 heterocycles. The summed E-state index contributed by atoms with van der Waals surface area (Å²) in [7, 11) is 0. The summed E-state index contributed by atoms with van der Waals surface area (Å²) in [4.78, 5) is 23.5. The van der Waals surface area contributed by atoms with Crippen LogP contribution in [0.15, 0.2) is 23.8 Å². The van der Waals surface area contributed by atoms with Gasteiger partial charge in [0.15, 0.2) is 6.10 Å². The number of esters is 2. The van der Waals surface area contributed by atoms with Gasteiger partial charge in [-0.25, -0.2) is 4.79 Å². The van der Waals surface area contributed by atoms with Crippen LogP contribution in [0.25, 0.3) is 0 Å². The molecule has 0 amide bonds. The van der Waals surface area contributed by atoms with Crippen molar-refractivity contribution in [2.24, 2.45) is 23.7 Å². The first-order valence-corrected chi connectivity index (χ1v) is 12.2. The van der Waals surface area contributed by atoms with E-state index in [-0.39, 0.29) is 36.9 Å². The van der Waals surface area contributed by atoms with E-state index in [0.29, 0.717) is 24.7 Å². The van der Waals surface area contributed by atoms with E-state index in [4.69, 9.17) is 9.47 Å². The monoisotopic (exact) mass is 460 g/mol. The number of hydrogen-bond donors (Lipinski definition) is 2. The fourth-order valence-corrected chi connectivity index (χ4v) is 4.87. The lowest BCUT2D eigenvalue weighted by Crippen LogP contribution is -2.26. The zero-order valence-corrected chi connectivity index (χ0v) is 20.5. The third-order valence-corrected chi connectivity index (χ3v) is 6.77. The molecule has 2 saturated carbocycles. The number of hydrogen-bond acceptors (Lipinski definition) is 6. The van der Waals surface area contributed by atoms with Crippen molar-refractivity contribution in [3.63, 3.8) is 0 Å². The van der Waals surface area contributed by atoms with Crippen molar-refractivity contribution in [1.29, 1.82) is 0 Å². The molecule has 2 aliphatic carbocycles. The van der Waals surface area contributed by atoms with E-state index in [0.717, 1.165) is 25.7 Å². The fraction of sp³-hybridized carbons (Fsp3) is 0.704. The number of rotatable bonds is 11. The summed E-state index contributed by atoms with van der Waals surface area (Å²) in [5.74, 6) is 5.96. The number of aliphatic hydroxyl groups excluding tert-OH is 2. The smallest absolute Gasteiger partial charge is 0.347 e. The first kappa shape index (κ1) is 27.1. The van der Waals surface area contributed by atoms with Gasteiger partial charge in [-0.2, -0.15) is 0 Å². The molecule has 2 N–H and O–H groups in total. The lowest BCUT2D eigenvalue weighted by Gasteiger charge is -2.19. The molecule has 0 aliphatic heterocycles. The minimum Gasteiger partial charge on any atom is -0.463 e. The molecule has 0 spiro atoms. The van der Waals surface area contributed by atoms with Crippen molar-refractivity contribution in [2.75, 3.05) is 6.61 Å². The molecule has 0 aromatic rings. The van der Waals surface area contributed by atoms with Crippen LogP contribution in [-0.2, 0) is 19.1 Å². The second kappa shape index (κ2) is 13.6. The molecule has 2 rings (SSSR count). The average molecular weight is 461 g/mol. The molecule has 7 atom stereocenters. The minimum absolute atomic E-state index is 0.0639. The van der Waals surface area contributed by atoms with E-state index < -0.39 is 18.2 Å². The second-order valence-corrected chi connectivity index (χ2v) is 9.33. The first-order valence-electron chi connectivity index (χ1n) is 12.2. The molecule has 0 aromatic carbocycles. The van der Waals surface area contributed by atoms with Crippen molar-refractivity contribution in [2.45, 2.75) is 91.0 Å². The molecule has 0 radical (unpaired) electrons. The topological polar surface area (TPSA) is 93.1 Å². The van der Waals surface area contributed by atoms with Gasteiger partial charge in [-0.3, -0.25) is 4.79 Å². The molecule has 0 aromatic heterocycles. The van der Waals surface area contributed by atoms with Crippen LogP contribution in [-0.4, -0.2) is 47.1 Å². The largest absolute Gasteiger partial charge is 0.463 e. The van der Waals surface area contributed by atoms with Crippen LogP contribution in [0.5, 0.6) is 0 Å². The lowest BCUT2D eigenvalue weighted by molar-refractivity contribution is -0.166. The van der Waals surface area contributed by atoms with E-state index in [1.54, 1.807) is 13.8 Å². The number of carbonyl (C=O) groups is 2. The van der Waals surface area contributed by atoms with E-state index in [1.165, 1.54) is 12.5 Å². The van der Waals surface area contributed by atoms with Gasteiger partial charge in [-0.15, -0.1) is 11.8 Å². The number of carbonyl (C=O) groups excluding carboxylic acids is 2. The van der Waals surface area contributed by atoms with Gasteiger partial charge in [0, 0.05) is 18.8 Å². The van der Waals surface area contributed by atoms with Crippen LogP contribution in [0.2, 0.25) is 0 Å². The quantitative estimate of drug-likeness (QED) is 0.210. The van der Waals surface area contributed by atoms with Crippen LogP contribution in [0.3, 0.4) is 0 Å². The van der Waals surface area contributed by atoms with E-state index >= 15 is 0 Å². The Kier molecular flexibility index (Phi) is 11.2. The fourth-order valence-electron chi connectivity index (χ4n) is 4.87. The Hall–Kier alpha value is -2.10. The zero-order valence-electron chi connectivity index (χ0n) is 20.5. The SMILES string of the molecule is CC#CCC(C)[C@H](O)/C=C/[C@@H]1[C@H]2C/C(=C\CCCC(=O)O[C@H](C)C(=O)OCC)C[C@H]2C[C@H]1O. The Morgan fingerprint density at radius 3 is 2.73 bits per heavy atom. The first-order chi connectivity index (χ1) is 15.8. The maximum atomic E-state index is 11.9. The van der Waals surface area contributed by atoms with Crippen molar-refractivity contribution < 1.29 is 29.3 Å². The summed E-state index contributed by atoms with van der Waals surface area (Å²) >= 11 is 0. The summed E-state index contributed by atoms with van der Waals surface area (Å²) in [6.07, 6.45) is 9.40. The summed E-state index contributed by atoms with van der Waals surface area (Å²) in [5.41, 5.74) is 1.38. The molecule has 2 fully saturated rings. The molecular weight excluding hydrogens is 420 g/mol. The molecule has 184 valence electrons. The van der Waals surface area contributed by atoms with Crippen molar-refractivity contribution in [3.05, 3.63) is 23.8 Å². The Bertz CT molecular complexity index is 773. The van der Waals surface area contributed by atoms with Crippen LogP contribution in [0.1, 0.15) is 72.6 Å². The predicted octanol–water partition coefficient (Wildman–Crippen LogP) is 3.95. The average Bonchev–Trinajstić information content (AvgIpc) is 3.29. The van der Waals surface area contributed by atoms with Gasteiger partial charge >= 0.3 is 11.9 Å². The normalized spacial score (nSPS) is 28.1. The highest BCUT2D eigenvalue weighted by molar-refractivity contribution is 5.78. The van der Waals surface area contributed by atoms with Gasteiger partial charge in [0.05, 0.1) is 18.8 Å². The summed E-state index contributed by atoms with van der Waals surface area (Å²) in [5, 5.41) is 20.9. The van der Waals surface area contributed by atoms with Crippen molar-refractivity contribution in [1.82, 2.24) is 0 Å². The van der Waals surface area contributed by atoms with Crippen molar-refractivity contribution >= 4 is 11.9 Å².